The summed E-state index contributed by atoms with van der Waals surface area (Å²) in [6.07, 6.45) is 24.2. The number of fused-ring (bicyclic) bond motifs is 1. The lowest BCUT2D eigenvalue weighted by molar-refractivity contribution is 0.441. The van der Waals surface area contributed by atoms with Gasteiger partial charge in [-0.1, -0.05) is 139 Å². The summed E-state index contributed by atoms with van der Waals surface area (Å²) in [7, 11) is 0. The van der Waals surface area contributed by atoms with Crippen LogP contribution in [0, 0.1) is 0 Å². The van der Waals surface area contributed by atoms with E-state index in [1.54, 1.807) is 0 Å². The van der Waals surface area contributed by atoms with Gasteiger partial charge in [0.15, 0.2) is 0 Å². The molecule has 2 aromatic carbocycles. The summed E-state index contributed by atoms with van der Waals surface area (Å²) in [5.41, 5.74) is 3.80. The first kappa shape index (κ1) is 25.5. The summed E-state index contributed by atoms with van der Waals surface area (Å²) in [5.74, 6) is 0. The van der Waals surface area contributed by atoms with Crippen LogP contribution in [0.25, 0.3) is 11.0 Å². The highest BCUT2D eigenvalue weighted by Crippen LogP contribution is 2.26. The molecule has 0 aliphatic heterocycles. The monoisotopic (exact) mass is 446 g/mol. The summed E-state index contributed by atoms with van der Waals surface area (Å²) >= 11 is 0. The molecule has 1 aromatic heterocycles. The smallest absolute Gasteiger partial charge is 0.0961 e. The van der Waals surface area contributed by atoms with Crippen LogP contribution < -0.4 is 0 Å². The van der Waals surface area contributed by atoms with Gasteiger partial charge in [-0.15, -0.1) is 0 Å². The summed E-state index contributed by atoms with van der Waals surface area (Å²) in [6, 6.07) is 20.0. The van der Waals surface area contributed by atoms with Gasteiger partial charge in [0.2, 0.25) is 0 Å². The zero-order valence-corrected chi connectivity index (χ0v) is 21.1. The summed E-state index contributed by atoms with van der Waals surface area (Å²) in [5, 5.41) is 0. The molecule has 1 unspecified atom stereocenters. The van der Waals surface area contributed by atoms with E-state index in [2.05, 4.69) is 77.4 Å². The minimum atomic E-state index is 0.483. The molecule has 0 fully saturated rings. The van der Waals surface area contributed by atoms with Crippen LogP contribution in [0.2, 0.25) is 0 Å². The van der Waals surface area contributed by atoms with E-state index in [9.17, 15) is 0 Å². The molecular formula is C31H46N2. The molecular weight excluding hydrogens is 400 g/mol. The zero-order chi connectivity index (χ0) is 23.0. The van der Waals surface area contributed by atoms with Crippen LogP contribution in [0.4, 0.5) is 0 Å². The van der Waals surface area contributed by atoms with E-state index < -0.39 is 0 Å². The third-order valence-corrected chi connectivity index (χ3v) is 7.08. The Kier molecular flexibility index (Phi) is 12.1. The Hall–Kier alpha value is -2.09. The number of para-hydroxylation sites is 2. The second kappa shape index (κ2) is 15.7. The number of hydrogen-bond donors (Lipinski definition) is 0. The molecule has 0 aliphatic carbocycles. The molecule has 0 saturated heterocycles. The van der Waals surface area contributed by atoms with Crippen molar-refractivity contribution in [1.82, 2.24) is 9.55 Å². The van der Waals surface area contributed by atoms with Crippen molar-refractivity contribution in [2.24, 2.45) is 0 Å². The third-order valence-electron chi connectivity index (χ3n) is 7.08. The van der Waals surface area contributed by atoms with Gasteiger partial charge in [0.25, 0.3) is 0 Å². The largest absolute Gasteiger partial charge is 0.327 e. The molecule has 0 aliphatic rings. The molecule has 180 valence electrons. The molecule has 2 heteroatoms. The normalized spacial score (nSPS) is 12.4. The first-order valence-corrected chi connectivity index (χ1v) is 13.8. The van der Waals surface area contributed by atoms with E-state index in [1.807, 2.05) is 0 Å². The quantitative estimate of drug-likeness (QED) is 0.178. The first-order chi connectivity index (χ1) is 16.4. The molecule has 3 rings (SSSR count). The molecule has 1 heterocycles. The van der Waals surface area contributed by atoms with Gasteiger partial charge in [-0.25, -0.2) is 4.98 Å². The number of imidazole rings is 1. The van der Waals surface area contributed by atoms with Gasteiger partial charge in [-0.2, -0.15) is 0 Å². The van der Waals surface area contributed by atoms with Crippen LogP contribution in [0.5, 0.6) is 0 Å². The molecule has 0 amide bonds. The van der Waals surface area contributed by atoms with E-state index in [1.165, 1.54) is 107 Å². The Bertz CT molecular complexity index is 867. The third kappa shape index (κ3) is 9.35. The predicted octanol–water partition coefficient (Wildman–Crippen LogP) is 9.69. The topological polar surface area (TPSA) is 17.8 Å². The summed E-state index contributed by atoms with van der Waals surface area (Å²) in [6.45, 7) is 2.30. The number of aromatic nitrogens is 2. The molecule has 0 radical (unpaired) electrons. The fourth-order valence-corrected chi connectivity index (χ4v) is 5.07. The van der Waals surface area contributed by atoms with Crippen LogP contribution in [-0.2, 0) is 6.42 Å². The lowest BCUT2D eigenvalue weighted by Gasteiger charge is -2.20. The molecule has 33 heavy (non-hydrogen) atoms. The minimum absolute atomic E-state index is 0.483. The maximum atomic E-state index is 4.66. The lowest BCUT2D eigenvalue weighted by Crippen LogP contribution is -2.11. The zero-order valence-electron chi connectivity index (χ0n) is 21.1. The molecule has 0 bridgehead atoms. The van der Waals surface area contributed by atoms with Crippen molar-refractivity contribution in [1.29, 1.82) is 0 Å². The molecule has 2 nitrogen and oxygen atoms in total. The maximum absolute atomic E-state index is 4.66. The first-order valence-electron chi connectivity index (χ1n) is 13.8. The van der Waals surface area contributed by atoms with Crippen molar-refractivity contribution in [2.75, 3.05) is 0 Å². The summed E-state index contributed by atoms with van der Waals surface area (Å²) < 4.78 is 2.42. The molecule has 0 N–H and O–H groups in total. The van der Waals surface area contributed by atoms with E-state index in [0.717, 1.165) is 11.9 Å². The van der Waals surface area contributed by atoms with E-state index >= 15 is 0 Å². The number of rotatable bonds is 18. The van der Waals surface area contributed by atoms with Crippen molar-refractivity contribution in [3.63, 3.8) is 0 Å². The summed E-state index contributed by atoms with van der Waals surface area (Å²) in [4.78, 5) is 4.66. The number of unbranched alkanes of at least 4 members (excludes halogenated alkanes) is 13. The van der Waals surface area contributed by atoms with E-state index in [0.29, 0.717) is 6.04 Å². The fourth-order valence-electron chi connectivity index (χ4n) is 5.07. The highest BCUT2D eigenvalue weighted by atomic mass is 15.1. The molecule has 0 saturated carbocycles. The molecule has 3 aromatic rings. The Morgan fingerprint density at radius 3 is 1.82 bits per heavy atom. The van der Waals surface area contributed by atoms with Crippen LogP contribution >= 0.6 is 0 Å². The van der Waals surface area contributed by atoms with Gasteiger partial charge < -0.3 is 4.57 Å². The van der Waals surface area contributed by atoms with Crippen molar-refractivity contribution in [2.45, 2.75) is 116 Å². The fraction of sp³-hybridized carbons (Fsp3) is 0.581. The molecule has 0 spiro atoms. The maximum Gasteiger partial charge on any atom is 0.0961 e. The average molecular weight is 447 g/mol. The van der Waals surface area contributed by atoms with Crippen LogP contribution in [0.15, 0.2) is 60.9 Å². The van der Waals surface area contributed by atoms with Gasteiger partial charge >= 0.3 is 0 Å². The lowest BCUT2D eigenvalue weighted by atomic mass is 9.99. The minimum Gasteiger partial charge on any atom is -0.327 e. The number of nitrogens with zero attached hydrogens (tertiary/aromatic N) is 2. The average Bonchev–Trinajstić information content (AvgIpc) is 3.28. The Morgan fingerprint density at radius 2 is 1.18 bits per heavy atom. The van der Waals surface area contributed by atoms with E-state index in [-0.39, 0.29) is 0 Å². The van der Waals surface area contributed by atoms with E-state index in [4.69, 9.17) is 0 Å². The van der Waals surface area contributed by atoms with Gasteiger partial charge in [0.05, 0.1) is 17.4 Å². The highest BCUT2D eigenvalue weighted by Gasteiger charge is 2.14. The second-order valence-electron chi connectivity index (χ2n) is 9.87. The van der Waals surface area contributed by atoms with Crippen molar-refractivity contribution >= 4 is 11.0 Å². The Morgan fingerprint density at radius 1 is 0.636 bits per heavy atom. The van der Waals surface area contributed by atoms with Crippen molar-refractivity contribution < 1.29 is 0 Å². The Labute approximate surface area is 202 Å². The standard InChI is InChI=1S/C31H46N2/c1-2-3-4-5-6-7-8-9-10-11-12-13-14-18-23-29(26-28-21-16-15-17-22-28)33-27-32-30-24-19-20-25-31(30)33/h15-17,19-22,24-25,27,29H,2-14,18,23,26H2,1H3. The predicted molar refractivity (Wildman–Crippen MR) is 144 cm³/mol. The van der Waals surface area contributed by atoms with Crippen LogP contribution in [0.3, 0.4) is 0 Å². The Balaban J connectivity index is 1.33. The van der Waals surface area contributed by atoms with Gasteiger partial charge in [0, 0.05) is 6.04 Å². The molecule has 1 atom stereocenters. The van der Waals surface area contributed by atoms with Crippen molar-refractivity contribution in [3.05, 3.63) is 66.5 Å². The second-order valence-corrected chi connectivity index (χ2v) is 9.87. The van der Waals surface area contributed by atoms with Crippen LogP contribution in [0.1, 0.15) is 115 Å². The number of hydrogen-bond acceptors (Lipinski definition) is 1. The highest BCUT2D eigenvalue weighted by molar-refractivity contribution is 5.75. The van der Waals surface area contributed by atoms with Gasteiger partial charge in [-0.3, -0.25) is 0 Å². The number of benzene rings is 2. The van der Waals surface area contributed by atoms with Crippen LogP contribution in [-0.4, -0.2) is 9.55 Å². The van der Waals surface area contributed by atoms with Gasteiger partial charge in [-0.05, 0) is 30.5 Å². The van der Waals surface area contributed by atoms with Gasteiger partial charge in [0.1, 0.15) is 0 Å². The van der Waals surface area contributed by atoms with Crippen molar-refractivity contribution in [3.8, 4) is 0 Å². The SMILES string of the molecule is CCCCCCCCCCCCCCCCC(Cc1ccccc1)n1cnc2ccccc21.